The second kappa shape index (κ2) is 8.70. The van der Waals surface area contributed by atoms with Gasteiger partial charge in [0.15, 0.2) is 0 Å². The number of hydrogen-bond acceptors (Lipinski definition) is 6. The van der Waals surface area contributed by atoms with E-state index >= 15 is 0 Å². The first-order valence-corrected chi connectivity index (χ1v) is 9.82. The summed E-state index contributed by atoms with van der Waals surface area (Å²) in [6.07, 6.45) is 6.52. The van der Waals surface area contributed by atoms with Crippen molar-refractivity contribution in [2.45, 2.75) is 26.2 Å². The maximum Gasteiger partial charge on any atom is 0.213 e. The van der Waals surface area contributed by atoms with E-state index in [1.807, 2.05) is 43.3 Å². The van der Waals surface area contributed by atoms with Crippen LogP contribution in [0.3, 0.4) is 0 Å². The first-order valence-electron chi connectivity index (χ1n) is 9.82. The molecule has 0 saturated heterocycles. The summed E-state index contributed by atoms with van der Waals surface area (Å²) in [6, 6.07) is 13.5. The minimum Gasteiger partial charge on any atom is -0.492 e. The molecule has 146 valence electrons. The largest absolute Gasteiger partial charge is 0.492 e. The van der Waals surface area contributed by atoms with E-state index in [2.05, 4.69) is 21.0 Å². The monoisotopic (exact) mass is 386 g/mol. The summed E-state index contributed by atoms with van der Waals surface area (Å²) in [5.41, 5.74) is 3.18. The molecule has 2 heterocycles. The quantitative estimate of drug-likeness (QED) is 0.577. The van der Waals surface area contributed by atoms with Crippen LogP contribution in [-0.4, -0.2) is 28.2 Å². The zero-order valence-corrected chi connectivity index (χ0v) is 16.3. The number of rotatable bonds is 8. The Balaban J connectivity index is 1.51. The Morgan fingerprint density at radius 3 is 2.72 bits per heavy atom. The molecule has 1 aliphatic carbocycles. The van der Waals surface area contributed by atoms with Crippen molar-refractivity contribution in [1.82, 2.24) is 15.0 Å². The van der Waals surface area contributed by atoms with Crippen LogP contribution in [0.4, 0.5) is 0 Å². The van der Waals surface area contributed by atoms with Crippen molar-refractivity contribution in [2.24, 2.45) is 5.92 Å². The molecule has 4 rings (SSSR count). The molecule has 1 aromatic carbocycles. The zero-order valence-electron chi connectivity index (χ0n) is 16.3. The van der Waals surface area contributed by atoms with Crippen LogP contribution >= 0.6 is 0 Å². The summed E-state index contributed by atoms with van der Waals surface area (Å²) in [6.45, 7) is 3.20. The highest BCUT2D eigenvalue weighted by Gasteiger charge is 2.22. The standard InChI is InChI=1S/C23H22N4O2/c1-2-28-23-8-5-17(14-26-23)11-22-25-10-9-20(27-22)18-6-7-21(19(12-18)13-24)29-15-16-3-4-16/h5-10,12,14,16H,2-4,11,15H2,1H3. The van der Waals surface area contributed by atoms with Gasteiger partial charge >= 0.3 is 0 Å². The average Bonchev–Trinajstić information content (AvgIpc) is 3.58. The van der Waals surface area contributed by atoms with Crippen molar-refractivity contribution >= 4 is 0 Å². The van der Waals surface area contributed by atoms with Gasteiger partial charge in [-0.1, -0.05) is 6.07 Å². The smallest absolute Gasteiger partial charge is 0.213 e. The highest BCUT2D eigenvalue weighted by atomic mass is 16.5. The highest BCUT2D eigenvalue weighted by Crippen LogP contribution is 2.31. The molecule has 0 atom stereocenters. The molecule has 3 aromatic rings. The van der Waals surface area contributed by atoms with E-state index in [9.17, 15) is 5.26 Å². The van der Waals surface area contributed by atoms with Crippen LogP contribution in [0.5, 0.6) is 11.6 Å². The molecule has 0 aliphatic heterocycles. The fourth-order valence-electron chi connectivity index (χ4n) is 2.97. The lowest BCUT2D eigenvalue weighted by Crippen LogP contribution is -2.01. The molecule has 0 radical (unpaired) electrons. The molecular weight excluding hydrogens is 364 g/mol. The van der Waals surface area contributed by atoms with E-state index in [1.165, 1.54) is 12.8 Å². The predicted molar refractivity (Wildman–Crippen MR) is 109 cm³/mol. The number of nitriles is 1. The summed E-state index contributed by atoms with van der Waals surface area (Å²) >= 11 is 0. The second-order valence-electron chi connectivity index (χ2n) is 7.05. The van der Waals surface area contributed by atoms with Crippen LogP contribution in [0, 0.1) is 17.2 Å². The lowest BCUT2D eigenvalue weighted by atomic mass is 10.1. The van der Waals surface area contributed by atoms with Gasteiger partial charge in [-0.2, -0.15) is 5.26 Å². The van der Waals surface area contributed by atoms with Gasteiger partial charge in [-0.3, -0.25) is 0 Å². The van der Waals surface area contributed by atoms with Crippen LogP contribution in [0.25, 0.3) is 11.3 Å². The van der Waals surface area contributed by atoms with Crippen molar-refractivity contribution in [1.29, 1.82) is 5.26 Å². The van der Waals surface area contributed by atoms with Crippen molar-refractivity contribution < 1.29 is 9.47 Å². The first kappa shape index (κ1) is 18.9. The number of benzene rings is 1. The molecule has 1 saturated carbocycles. The third-order valence-electron chi connectivity index (χ3n) is 4.72. The summed E-state index contributed by atoms with van der Waals surface area (Å²) in [5, 5.41) is 9.50. The van der Waals surface area contributed by atoms with Crippen molar-refractivity contribution in [2.75, 3.05) is 13.2 Å². The van der Waals surface area contributed by atoms with Gasteiger partial charge in [-0.15, -0.1) is 0 Å². The minimum atomic E-state index is 0.527. The topological polar surface area (TPSA) is 80.9 Å². The SMILES string of the molecule is CCOc1ccc(Cc2nccc(-c3ccc(OCC4CC4)c(C#N)c3)n2)cn1. The Kier molecular flexibility index (Phi) is 5.66. The van der Waals surface area contributed by atoms with Gasteiger partial charge in [0.2, 0.25) is 5.88 Å². The third kappa shape index (κ3) is 4.88. The minimum absolute atomic E-state index is 0.527. The molecule has 0 spiro atoms. The third-order valence-corrected chi connectivity index (χ3v) is 4.72. The summed E-state index contributed by atoms with van der Waals surface area (Å²) in [4.78, 5) is 13.3. The van der Waals surface area contributed by atoms with Crippen molar-refractivity contribution in [3.05, 3.63) is 65.7 Å². The summed E-state index contributed by atoms with van der Waals surface area (Å²) in [7, 11) is 0. The van der Waals surface area contributed by atoms with Gasteiger partial charge in [0, 0.05) is 30.4 Å². The van der Waals surface area contributed by atoms with Gasteiger partial charge < -0.3 is 9.47 Å². The number of hydrogen-bond donors (Lipinski definition) is 0. The Morgan fingerprint density at radius 2 is 2.00 bits per heavy atom. The molecule has 0 amide bonds. The Hall–Kier alpha value is -3.46. The Labute approximate surface area is 170 Å². The summed E-state index contributed by atoms with van der Waals surface area (Å²) in [5.74, 6) is 2.58. The van der Waals surface area contributed by atoms with Crippen LogP contribution < -0.4 is 9.47 Å². The van der Waals surface area contributed by atoms with Crippen LogP contribution in [0.2, 0.25) is 0 Å². The number of nitrogens with zero attached hydrogens (tertiary/aromatic N) is 4. The lowest BCUT2D eigenvalue weighted by molar-refractivity contribution is 0.299. The summed E-state index contributed by atoms with van der Waals surface area (Å²) < 4.78 is 11.2. The van der Waals surface area contributed by atoms with Gasteiger partial charge in [-0.05, 0) is 55.5 Å². The number of pyridine rings is 1. The van der Waals surface area contributed by atoms with Crippen molar-refractivity contribution in [3.8, 4) is 29.0 Å². The molecule has 0 N–H and O–H groups in total. The van der Waals surface area contributed by atoms with Crippen LogP contribution in [0.15, 0.2) is 48.8 Å². The fraction of sp³-hybridized carbons (Fsp3) is 0.304. The van der Waals surface area contributed by atoms with Gasteiger partial charge in [-0.25, -0.2) is 15.0 Å². The molecule has 2 aromatic heterocycles. The van der Waals surface area contributed by atoms with E-state index in [0.29, 0.717) is 48.6 Å². The number of aromatic nitrogens is 3. The van der Waals surface area contributed by atoms with Crippen LogP contribution in [0.1, 0.15) is 36.7 Å². The van der Waals surface area contributed by atoms with E-state index in [1.54, 1.807) is 12.4 Å². The average molecular weight is 386 g/mol. The van der Waals surface area contributed by atoms with Crippen molar-refractivity contribution in [3.63, 3.8) is 0 Å². The van der Waals surface area contributed by atoms with E-state index in [-0.39, 0.29) is 0 Å². The van der Waals surface area contributed by atoms with Gasteiger partial charge in [0.25, 0.3) is 0 Å². The lowest BCUT2D eigenvalue weighted by Gasteiger charge is -2.09. The fourth-order valence-corrected chi connectivity index (χ4v) is 2.97. The van der Waals surface area contributed by atoms with Gasteiger partial charge in [0.1, 0.15) is 17.6 Å². The van der Waals surface area contributed by atoms with E-state index in [0.717, 1.165) is 16.8 Å². The maximum absolute atomic E-state index is 9.50. The molecular formula is C23H22N4O2. The zero-order chi connectivity index (χ0) is 20.1. The molecule has 1 aliphatic rings. The normalized spacial score (nSPS) is 13.0. The van der Waals surface area contributed by atoms with Crippen LogP contribution in [-0.2, 0) is 6.42 Å². The molecule has 1 fully saturated rings. The number of ether oxygens (including phenoxy) is 2. The first-order chi connectivity index (χ1) is 14.2. The highest BCUT2D eigenvalue weighted by molar-refractivity contribution is 5.64. The Morgan fingerprint density at radius 1 is 1.10 bits per heavy atom. The molecule has 6 nitrogen and oxygen atoms in total. The van der Waals surface area contributed by atoms with E-state index < -0.39 is 0 Å². The molecule has 29 heavy (non-hydrogen) atoms. The molecule has 6 heteroatoms. The molecule has 0 bridgehead atoms. The Bertz CT molecular complexity index is 1020. The maximum atomic E-state index is 9.50. The van der Waals surface area contributed by atoms with Gasteiger partial charge in [0.05, 0.1) is 24.5 Å². The predicted octanol–water partition coefficient (Wildman–Crippen LogP) is 4.19. The van der Waals surface area contributed by atoms with E-state index in [4.69, 9.17) is 9.47 Å². The second-order valence-corrected chi connectivity index (χ2v) is 7.05. The molecule has 0 unspecified atom stereocenters.